The second-order valence-corrected chi connectivity index (χ2v) is 5.04. The molecule has 0 aliphatic carbocycles. The van der Waals surface area contributed by atoms with Gasteiger partial charge < -0.3 is 14.5 Å². The summed E-state index contributed by atoms with van der Waals surface area (Å²) in [6.45, 7) is 3.07. The van der Waals surface area contributed by atoms with Crippen molar-refractivity contribution in [2.75, 3.05) is 13.7 Å². The third-order valence-electron chi connectivity index (χ3n) is 3.19. The van der Waals surface area contributed by atoms with Crippen molar-refractivity contribution in [2.45, 2.75) is 25.8 Å². The lowest BCUT2D eigenvalue weighted by molar-refractivity contribution is 0.390. The number of furan rings is 1. The van der Waals surface area contributed by atoms with Gasteiger partial charge in [-0.15, -0.1) is 0 Å². The third-order valence-corrected chi connectivity index (χ3v) is 3.40. The zero-order valence-electron chi connectivity index (χ0n) is 11.9. The van der Waals surface area contributed by atoms with Crippen LogP contribution in [0.5, 0.6) is 5.75 Å². The van der Waals surface area contributed by atoms with Crippen molar-refractivity contribution < 1.29 is 9.15 Å². The Morgan fingerprint density at radius 3 is 2.70 bits per heavy atom. The summed E-state index contributed by atoms with van der Waals surface area (Å²) in [5.41, 5.74) is 1.15. The number of para-hydroxylation sites is 1. The molecule has 2 aromatic rings. The lowest BCUT2D eigenvalue weighted by atomic mass is 10.0. The van der Waals surface area contributed by atoms with Crippen LogP contribution < -0.4 is 10.1 Å². The number of methoxy groups -OCH3 is 1. The van der Waals surface area contributed by atoms with E-state index in [2.05, 4.69) is 18.3 Å². The van der Waals surface area contributed by atoms with E-state index in [4.69, 9.17) is 20.8 Å². The summed E-state index contributed by atoms with van der Waals surface area (Å²) in [4.78, 5) is 0. The minimum absolute atomic E-state index is 0.0961. The molecule has 4 heteroatoms. The highest BCUT2D eigenvalue weighted by molar-refractivity contribution is 6.28. The molecule has 1 atom stereocenters. The van der Waals surface area contributed by atoms with E-state index in [1.165, 1.54) is 0 Å². The summed E-state index contributed by atoms with van der Waals surface area (Å²) < 4.78 is 11.0. The summed E-state index contributed by atoms with van der Waals surface area (Å²) in [6, 6.07) is 11.8. The van der Waals surface area contributed by atoms with Crippen LogP contribution in [0.3, 0.4) is 0 Å². The standard InChI is InChI=1S/C16H20ClNO2/c1-3-10-18-13(15-8-9-16(17)20-15)11-12-6-4-5-7-14(12)19-2/h4-9,13,18H,3,10-11H2,1-2H3. The van der Waals surface area contributed by atoms with E-state index >= 15 is 0 Å². The molecule has 20 heavy (non-hydrogen) atoms. The molecule has 1 heterocycles. The maximum Gasteiger partial charge on any atom is 0.193 e. The molecule has 1 aromatic heterocycles. The Morgan fingerprint density at radius 2 is 2.05 bits per heavy atom. The minimum Gasteiger partial charge on any atom is -0.496 e. The van der Waals surface area contributed by atoms with Crippen LogP contribution >= 0.6 is 11.6 Å². The van der Waals surface area contributed by atoms with Gasteiger partial charge in [0, 0.05) is 0 Å². The number of nitrogens with one attached hydrogen (secondary N) is 1. The lowest BCUT2D eigenvalue weighted by Crippen LogP contribution is -2.23. The number of hydrogen-bond acceptors (Lipinski definition) is 3. The molecule has 0 spiro atoms. The average Bonchev–Trinajstić information content (AvgIpc) is 2.90. The summed E-state index contributed by atoms with van der Waals surface area (Å²) in [5, 5.41) is 3.91. The summed E-state index contributed by atoms with van der Waals surface area (Å²) in [5.74, 6) is 1.75. The lowest BCUT2D eigenvalue weighted by Gasteiger charge is -2.18. The van der Waals surface area contributed by atoms with E-state index in [0.717, 1.165) is 36.5 Å². The van der Waals surface area contributed by atoms with Gasteiger partial charge in [0.25, 0.3) is 0 Å². The van der Waals surface area contributed by atoms with Crippen molar-refractivity contribution in [1.29, 1.82) is 0 Å². The number of rotatable bonds is 7. The van der Waals surface area contributed by atoms with Gasteiger partial charge in [0.2, 0.25) is 0 Å². The van der Waals surface area contributed by atoms with Crippen LogP contribution in [0, 0.1) is 0 Å². The zero-order chi connectivity index (χ0) is 14.4. The number of hydrogen-bond donors (Lipinski definition) is 1. The van der Waals surface area contributed by atoms with Crippen LogP contribution in [0.4, 0.5) is 0 Å². The first-order valence-corrected chi connectivity index (χ1v) is 7.23. The average molecular weight is 294 g/mol. The Labute approximate surface area is 124 Å². The first-order chi connectivity index (χ1) is 9.74. The molecule has 3 nitrogen and oxygen atoms in total. The minimum atomic E-state index is 0.0961. The molecule has 1 unspecified atom stereocenters. The van der Waals surface area contributed by atoms with Crippen molar-refractivity contribution >= 4 is 11.6 Å². The maximum atomic E-state index is 5.88. The maximum absolute atomic E-state index is 5.88. The van der Waals surface area contributed by atoms with Crippen molar-refractivity contribution in [3.05, 3.63) is 52.9 Å². The molecule has 0 saturated carbocycles. The predicted octanol–water partition coefficient (Wildman–Crippen LogP) is 4.23. The number of ether oxygens (including phenoxy) is 1. The molecule has 0 bridgehead atoms. The van der Waals surface area contributed by atoms with Crippen LogP contribution in [0.1, 0.15) is 30.7 Å². The van der Waals surface area contributed by atoms with Crippen LogP contribution in [-0.4, -0.2) is 13.7 Å². The first-order valence-electron chi connectivity index (χ1n) is 6.85. The Morgan fingerprint density at radius 1 is 1.25 bits per heavy atom. The van der Waals surface area contributed by atoms with Gasteiger partial charge in [-0.25, -0.2) is 0 Å². The fourth-order valence-corrected chi connectivity index (χ4v) is 2.35. The molecule has 0 saturated heterocycles. The van der Waals surface area contributed by atoms with Gasteiger partial charge in [-0.05, 0) is 54.7 Å². The second-order valence-electron chi connectivity index (χ2n) is 4.66. The van der Waals surface area contributed by atoms with Crippen LogP contribution in [-0.2, 0) is 6.42 Å². The van der Waals surface area contributed by atoms with E-state index in [1.807, 2.05) is 24.3 Å². The first kappa shape index (κ1) is 14.9. The largest absolute Gasteiger partial charge is 0.496 e. The smallest absolute Gasteiger partial charge is 0.193 e. The highest BCUT2D eigenvalue weighted by atomic mass is 35.5. The van der Waals surface area contributed by atoms with Crippen molar-refractivity contribution in [2.24, 2.45) is 0 Å². The molecule has 0 radical (unpaired) electrons. The van der Waals surface area contributed by atoms with E-state index in [-0.39, 0.29) is 6.04 Å². The van der Waals surface area contributed by atoms with Crippen LogP contribution in [0.2, 0.25) is 5.22 Å². The fraction of sp³-hybridized carbons (Fsp3) is 0.375. The molecule has 2 rings (SSSR count). The highest BCUT2D eigenvalue weighted by Gasteiger charge is 2.17. The molecule has 1 N–H and O–H groups in total. The second kappa shape index (κ2) is 7.36. The molecule has 108 valence electrons. The Balaban J connectivity index is 2.19. The van der Waals surface area contributed by atoms with Gasteiger partial charge >= 0.3 is 0 Å². The highest BCUT2D eigenvalue weighted by Crippen LogP contribution is 2.27. The van der Waals surface area contributed by atoms with Gasteiger partial charge in [-0.3, -0.25) is 0 Å². The van der Waals surface area contributed by atoms with Gasteiger partial charge in [0.15, 0.2) is 5.22 Å². The monoisotopic (exact) mass is 293 g/mol. The van der Waals surface area contributed by atoms with Gasteiger partial charge in [-0.1, -0.05) is 25.1 Å². The third kappa shape index (κ3) is 3.78. The predicted molar refractivity (Wildman–Crippen MR) is 81.5 cm³/mol. The van der Waals surface area contributed by atoms with Crippen molar-refractivity contribution in [3.63, 3.8) is 0 Å². The molecule has 0 amide bonds. The van der Waals surface area contributed by atoms with E-state index in [0.29, 0.717) is 5.22 Å². The number of halogens is 1. The SMILES string of the molecule is CCCNC(Cc1ccccc1OC)c1ccc(Cl)o1. The molecule has 0 fully saturated rings. The van der Waals surface area contributed by atoms with Crippen molar-refractivity contribution in [1.82, 2.24) is 5.32 Å². The quantitative estimate of drug-likeness (QED) is 0.830. The number of benzene rings is 1. The molecular formula is C16H20ClNO2. The molecule has 1 aromatic carbocycles. The van der Waals surface area contributed by atoms with Gasteiger partial charge in [-0.2, -0.15) is 0 Å². The zero-order valence-corrected chi connectivity index (χ0v) is 12.6. The van der Waals surface area contributed by atoms with Crippen LogP contribution in [0.25, 0.3) is 0 Å². The van der Waals surface area contributed by atoms with Gasteiger partial charge in [0.1, 0.15) is 11.5 Å². The Bertz CT molecular complexity index is 539. The molecule has 0 aliphatic heterocycles. The Hall–Kier alpha value is -1.45. The normalized spacial score (nSPS) is 12.3. The van der Waals surface area contributed by atoms with E-state index in [9.17, 15) is 0 Å². The topological polar surface area (TPSA) is 34.4 Å². The van der Waals surface area contributed by atoms with E-state index < -0.39 is 0 Å². The van der Waals surface area contributed by atoms with E-state index in [1.54, 1.807) is 13.2 Å². The fourth-order valence-electron chi connectivity index (χ4n) is 2.20. The molecular weight excluding hydrogens is 274 g/mol. The Kier molecular flexibility index (Phi) is 5.50. The van der Waals surface area contributed by atoms with Crippen LogP contribution in [0.15, 0.2) is 40.8 Å². The van der Waals surface area contributed by atoms with Crippen molar-refractivity contribution in [3.8, 4) is 5.75 Å². The summed E-state index contributed by atoms with van der Waals surface area (Å²) >= 11 is 5.88. The van der Waals surface area contributed by atoms with Gasteiger partial charge in [0.05, 0.1) is 13.2 Å². The summed E-state index contributed by atoms with van der Waals surface area (Å²) in [6.07, 6.45) is 1.87. The molecule has 0 aliphatic rings. The summed E-state index contributed by atoms with van der Waals surface area (Å²) in [7, 11) is 1.69.